The van der Waals surface area contributed by atoms with E-state index in [0.29, 0.717) is 28.3 Å². The number of carbonyl (C=O) groups excluding carboxylic acids is 2. The molecule has 4 aromatic rings. The first kappa shape index (κ1) is 25.6. The number of primary amides is 1. The lowest BCUT2D eigenvalue weighted by molar-refractivity contribution is -0.127. The zero-order chi connectivity index (χ0) is 26.5. The third kappa shape index (κ3) is 6.19. The zero-order valence-corrected chi connectivity index (χ0v) is 20.4. The lowest BCUT2D eigenvalue weighted by Crippen LogP contribution is -2.37. The summed E-state index contributed by atoms with van der Waals surface area (Å²) in [5.41, 5.74) is 8.93. The Balaban J connectivity index is 1.56. The van der Waals surface area contributed by atoms with Gasteiger partial charge in [-0.3, -0.25) is 9.59 Å². The first-order valence-electron chi connectivity index (χ1n) is 11.6. The smallest absolute Gasteiger partial charge is 0.244 e. The second-order valence-corrected chi connectivity index (χ2v) is 8.61. The number of halogens is 2. The van der Waals surface area contributed by atoms with Gasteiger partial charge >= 0.3 is 0 Å². The predicted molar refractivity (Wildman–Crippen MR) is 135 cm³/mol. The quantitative estimate of drug-likeness (QED) is 0.353. The number of aromatic nitrogens is 2. The van der Waals surface area contributed by atoms with Gasteiger partial charge in [0.1, 0.15) is 23.4 Å². The Morgan fingerprint density at radius 2 is 1.78 bits per heavy atom. The largest absolute Gasteiger partial charge is 0.497 e. The van der Waals surface area contributed by atoms with Crippen molar-refractivity contribution in [1.29, 1.82) is 0 Å². The molecule has 0 spiro atoms. The molecule has 37 heavy (non-hydrogen) atoms. The molecule has 2 amide bonds. The molecule has 3 N–H and O–H groups in total. The summed E-state index contributed by atoms with van der Waals surface area (Å²) in [6.45, 7) is 1.68. The van der Waals surface area contributed by atoms with Gasteiger partial charge in [0, 0.05) is 18.4 Å². The molecule has 1 atom stereocenters. The topological polar surface area (TPSA) is 99.2 Å². The number of nitrogens with one attached hydrogen (secondary N) is 1. The SMILES string of the molecule is COc1ccc(-n2nc(CCC(=O)NC(C(N)=O)c3cc(C)cc(F)c3)cc2-c2cccc(F)c2)cc1. The van der Waals surface area contributed by atoms with Crippen LogP contribution in [0.15, 0.2) is 72.8 Å². The van der Waals surface area contributed by atoms with Crippen molar-refractivity contribution in [3.8, 4) is 22.7 Å². The van der Waals surface area contributed by atoms with E-state index in [1.54, 1.807) is 55.1 Å². The highest BCUT2D eigenvalue weighted by Crippen LogP contribution is 2.26. The molecule has 190 valence electrons. The maximum Gasteiger partial charge on any atom is 0.244 e. The number of benzene rings is 3. The molecule has 3 aromatic carbocycles. The fourth-order valence-corrected chi connectivity index (χ4v) is 4.05. The van der Waals surface area contributed by atoms with E-state index < -0.39 is 23.7 Å². The zero-order valence-electron chi connectivity index (χ0n) is 20.4. The normalized spacial score (nSPS) is 11.7. The van der Waals surface area contributed by atoms with Gasteiger partial charge in [-0.1, -0.05) is 18.2 Å². The van der Waals surface area contributed by atoms with E-state index in [1.165, 1.54) is 24.3 Å². The van der Waals surface area contributed by atoms with Gasteiger partial charge < -0.3 is 15.8 Å². The minimum Gasteiger partial charge on any atom is -0.497 e. The summed E-state index contributed by atoms with van der Waals surface area (Å²) < 4.78 is 34.7. The van der Waals surface area contributed by atoms with E-state index >= 15 is 0 Å². The molecule has 0 fully saturated rings. The number of hydrogen-bond acceptors (Lipinski definition) is 4. The summed E-state index contributed by atoms with van der Waals surface area (Å²) >= 11 is 0. The Labute approximate surface area is 212 Å². The van der Waals surface area contributed by atoms with Crippen molar-refractivity contribution in [3.05, 3.63) is 101 Å². The summed E-state index contributed by atoms with van der Waals surface area (Å²) in [6, 6.07) is 18.1. The molecule has 7 nitrogen and oxygen atoms in total. The molecule has 0 aliphatic rings. The van der Waals surface area contributed by atoms with Crippen LogP contribution in [0.5, 0.6) is 5.75 Å². The Morgan fingerprint density at radius 1 is 1.03 bits per heavy atom. The molecule has 0 radical (unpaired) electrons. The van der Waals surface area contributed by atoms with Crippen LogP contribution in [0, 0.1) is 18.6 Å². The van der Waals surface area contributed by atoms with Crippen molar-refractivity contribution in [1.82, 2.24) is 15.1 Å². The molecule has 9 heteroatoms. The van der Waals surface area contributed by atoms with Gasteiger partial charge in [-0.25, -0.2) is 13.5 Å². The van der Waals surface area contributed by atoms with E-state index in [4.69, 9.17) is 10.5 Å². The molecular formula is C28H26F2N4O3. The van der Waals surface area contributed by atoms with Crippen LogP contribution in [0.2, 0.25) is 0 Å². The van der Waals surface area contributed by atoms with Crippen LogP contribution >= 0.6 is 0 Å². The molecule has 0 saturated carbocycles. The highest BCUT2D eigenvalue weighted by atomic mass is 19.1. The van der Waals surface area contributed by atoms with Gasteiger partial charge in [-0.05, 0) is 72.6 Å². The molecule has 1 aromatic heterocycles. The van der Waals surface area contributed by atoms with Crippen molar-refractivity contribution in [3.63, 3.8) is 0 Å². The van der Waals surface area contributed by atoms with Crippen molar-refractivity contribution in [2.45, 2.75) is 25.8 Å². The van der Waals surface area contributed by atoms with Crippen molar-refractivity contribution in [2.75, 3.05) is 7.11 Å². The molecule has 0 saturated heterocycles. The number of aryl methyl sites for hydroxylation is 2. The van der Waals surface area contributed by atoms with Gasteiger partial charge in [0.05, 0.1) is 24.2 Å². The Hall–Kier alpha value is -4.53. The van der Waals surface area contributed by atoms with E-state index in [2.05, 4.69) is 10.4 Å². The van der Waals surface area contributed by atoms with Crippen LogP contribution in [-0.2, 0) is 16.0 Å². The fraction of sp³-hybridized carbons (Fsp3) is 0.179. The van der Waals surface area contributed by atoms with E-state index in [0.717, 1.165) is 5.69 Å². The summed E-state index contributed by atoms with van der Waals surface area (Å²) in [4.78, 5) is 24.7. The fourth-order valence-electron chi connectivity index (χ4n) is 4.05. The standard InChI is InChI=1S/C28H26F2N4O3/c1-17-12-19(15-21(30)13-17)27(28(31)36)32-26(35)11-6-22-16-25(18-4-3-5-20(29)14-18)34(33-22)23-7-9-24(37-2)10-8-23/h3-5,7-10,12-16,27H,6,11H2,1-2H3,(H2,31,36)(H,32,35). The molecule has 4 rings (SSSR count). The van der Waals surface area contributed by atoms with Gasteiger partial charge in [-0.15, -0.1) is 0 Å². The summed E-state index contributed by atoms with van der Waals surface area (Å²) in [5, 5.41) is 7.23. The number of nitrogens with two attached hydrogens (primary N) is 1. The monoisotopic (exact) mass is 504 g/mol. The molecule has 0 bridgehead atoms. The van der Waals surface area contributed by atoms with Crippen molar-refractivity contribution >= 4 is 11.8 Å². The first-order valence-corrected chi connectivity index (χ1v) is 11.6. The number of methoxy groups -OCH3 is 1. The summed E-state index contributed by atoms with van der Waals surface area (Å²) in [7, 11) is 1.57. The van der Waals surface area contributed by atoms with Crippen LogP contribution < -0.4 is 15.8 Å². The van der Waals surface area contributed by atoms with E-state index in [-0.39, 0.29) is 24.2 Å². The number of amides is 2. The molecule has 1 unspecified atom stereocenters. The van der Waals surface area contributed by atoms with Crippen LogP contribution in [0.3, 0.4) is 0 Å². The van der Waals surface area contributed by atoms with Crippen molar-refractivity contribution in [2.24, 2.45) is 5.73 Å². The summed E-state index contributed by atoms with van der Waals surface area (Å²) in [5.74, 6) is -1.47. The molecule has 0 aliphatic heterocycles. The third-order valence-electron chi connectivity index (χ3n) is 5.79. The molecular weight excluding hydrogens is 478 g/mol. The minimum atomic E-state index is -1.17. The second kappa shape index (κ2) is 11.0. The van der Waals surface area contributed by atoms with E-state index in [1.807, 2.05) is 12.1 Å². The second-order valence-electron chi connectivity index (χ2n) is 8.61. The average molecular weight is 505 g/mol. The van der Waals surface area contributed by atoms with Gasteiger partial charge in [-0.2, -0.15) is 5.10 Å². The lowest BCUT2D eigenvalue weighted by Gasteiger charge is -2.16. The maximum absolute atomic E-state index is 14.0. The minimum absolute atomic E-state index is 0.000292. The van der Waals surface area contributed by atoms with Crippen LogP contribution in [-0.4, -0.2) is 28.7 Å². The predicted octanol–water partition coefficient (Wildman–Crippen LogP) is 4.41. The lowest BCUT2D eigenvalue weighted by atomic mass is 10.0. The highest BCUT2D eigenvalue weighted by Gasteiger charge is 2.22. The number of rotatable bonds is 9. The van der Waals surface area contributed by atoms with Crippen LogP contribution in [0.4, 0.5) is 8.78 Å². The van der Waals surface area contributed by atoms with E-state index in [9.17, 15) is 18.4 Å². The summed E-state index contributed by atoms with van der Waals surface area (Å²) in [6.07, 6.45) is 0.241. The Kier molecular flexibility index (Phi) is 7.62. The van der Waals surface area contributed by atoms with Crippen molar-refractivity contribution < 1.29 is 23.1 Å². The number of ether oxygens (including phenoxy) is 1. The van der Waals surface area contributed by atoms with Gasteiger partial charge in [0.15, 0.2) is 0 Å². The number of nitrogens with zero attached hydrogens (tertiary/aromatic N) is 2. The highest BCUT2D eigenvalue weighted by molar-refractivity contribution is 5.87. The maximum atomic E-state index is 14.0. The van der Waals surface area contributed by atoms with Gasteiger partial charge in [0.25, 0.3) is 0 Å². The Morgan fingerprint density at radius 3 is 2.43 bits per heavy atom. The first-order chi connectivity index (χ1) is 17.7. The average Bonchev–Trinajstić information content (AvgIpc) is 3.30. The molecule has 1 heterocycles. The van der Waals surface area contributed by atoms with Gasteiger partial charge in [0.2, 0.25) is 11.8 Å². The Bertz CT molecular complexity index is 1410. The number of carbonyl (C=O) groups is 2. The third-order valence-corrected chi connectivity index (χ3v) is 5.79. The van der Waals surface area contributed by atoms with Crippen LogP contribution in [0.25, 0.3) is 16.9 Å². The van der Waals surface area contributed by atoms with Crippen LogP contribution in [0.1, 0.15) is 29.3 Å². The molecule has 0 aliphatic carbocycles. The number of hydrogen-bond donors (Lipinski definition) is 2.